The van der Waals surface area contributed by atoms with Crippen LogP contribution in [-0.2, 0) is 9.59 Å². The van der Waals surface area contributed by atoms with Gasteiger partial charge in [-0.1, -0.05) is 35.4 Å². The second-order valence-electron chi connectivity index (χ2n) is 5.15. The summed E-state index contributed by atoms with van der Waals surface area (Å²) in [5, 5.41) is 12.0. The van der Waals surface area contributed by atoms with E-state index in [9.17, 15) is 14.7 Å². The SMILES string of the molecule is O=C(O)[C@@H]1C2C=CC(C2)[C@@H]1C(=O)Nc1ncnc(Cl)c1Cl. The number of amides is 1. The third kappa shape index (κ3) is 2.38. The summed E-state index contributed by atoms with van der Waals surface area (Å²) in [5.41, 5.74) is 0. The van der Waals surface area contributed by atoms with Crippen LogP contribution < -0.4 is 5.32 Å². The molecule has 8 heteroatoms. The molecule has 21 heavy (non-hydrogen) atoms. The minimum atomic E-state index is -0.959. The summed E-state index contributed by atoms with van der Waals surface area (Å²) in [6.07, 6.45) is 5.65. The molecule has 1 fully saturated rings. The molecule has 1 heterocycles. The third-order valence-electron chi connectivity index (χ3n) is 4.04. The Kier molecular flexibility index (Phi) is 3.59. The number of hydrogen-bond donors (Lipinski definition) is 2. The van der Waals surface area contributed by atoms with E-state index >= 15 is 0 Å². The normalized spacial score (nSPS) is 29.6. The molecule has 0 aromatic carbocycles. The molecule has 2 bridgehead atoms. The predicted octanol–water partition coefficient (Wildman–Crippen LogP) is 2.24. The van der Waals surface area contributed by atoms with E-state index in [2.05, 4.69) is 15.3 Å². The van der Waals surface area contributed by atoms with Crippen LogP contribution in [0.1, 0.15) is 6.42 Å². The summed E-state index contributed by atoms with van der Waals surface area (Å²) in [5.74, 6) is -2.76. The highest BCUT2D eigenvalue weighted by Gasteiger charge is 2.51. The van der Waals surface area contributed by atoms with Gasteiger partial charge in [-0.15, -0.1) is 0 Å². The van der Waals surface area contributed by atoms with Crippen molar-refractivity contribution in [3.8, 4) is 0 Å². The molecule has 6 nitrogen and oxygen atoms in total. The number of anilines is 1. The Hall–Kier alpha value is -1.66. The van der Waals surface area contributed by atoms with E-state index in [0.717, 1.165) is 0 Å². The Morgan fingerprint density at radius 2 is 1.86 bits per heavy atom. The smallest absolute Gasteiger partial charge is 0.307 e. The highest BCUT2D eigenvalue weighted by atomic mass is 35.5. The summed E-state index contributed by atoms with van der Waals surface area (Å²) in [6.45, 7) is 0. The number of rotatable bonds is 3. The van der Waals surface area contributed by atoms with Gasteiger partial charge in [0.2, 0.25) is 5.91 Å². The van der Waals surface area contributed by atoms with E-state index in [1.807, 2.05) is 12.2 Å². The van der Waals surface area contributed by atoms with Gasteiger partial charge >= 0.3 is 5.97 Å². The Bertz CT molecular complexity index is 650. The monoisotopic (exact) mass is 327 g/mol. The van der Waals surface area contributed by atoms with Gasteiger partial charge in [-0.3, -0.25) is 9.59 Å². The van der Waals surface area contributed by atoms with Crippen LogP contribution >= 0.6 is 23.2 Å². The second-order valence-corrected chi connectivity index (χ2v) is 5.89. The molecule has 1 amide bonds. The summed E-state index contributed by atoms with van der Waals surface area (Å²) >= 11 is 11.7. The van der Waals surface area contributed by atoms with Crippen molar-refractivity contribution in [1.82, 2.24) is 9.97 Å². The van der Waals surface area contributed by atoms with Crippen molar-refractivity contribution in [2.24, 2.45) is 23.7 Å². The van der Waals surface area contributed by atoms with Crippen molar-refractivity contribution in [3.63, 3.8) is 0 Å². The van der Waals surface area contributed by atoms with Gasteiger partial charge in [0, 0.05) is 0 Å². The van der Waals surface area contributed by atoms with Crippen molar-refractivity contribution in [1.29, 1.82) is 0 Å². The van der Waals surface area contributed by atoms with E-state index in [1.165, 1.54) is 6.33 Å². The zero-order chi connectivity index (χ0) is 15.1. The van der Waals surface area contributed by atoms with Crippen molar-refractivity contribution in [3.05, 3.63) is 28.7 Å². The first-order valence-corrected chi connectivity index (χ1v) is 7.12. The minimum absolute atomic E-state index is 0.0320. The quantitative estimate of drug-likeness (QED) is 0.656. The molecule has 0 aliphatic heterocycles. The first-order valence-electron chi connectivity index (χ1n) is 6.37. The lowest BCUT2D eigenvalue weighted by Crippen LogP contribution is -2.36. The fraction of sp³-hybridized carbons (Fsp3) is 0.385. The Balaban J connectivity index is 1.84. The third-order valence-corrected chi connectivity index (χ3v) is 4.78. The largest absolute Gasteiger partial charge is 0.481 e. The highest BCUT2D eigenvalue weighted by molar-refractivity contribution is 6.42. The van der Waals surface area contributed by atoms with Gasteiger partial charge in [-0.05, 0) is 18.3 Å². The second kappa shape index (κ2) is 5.27. The number of carbonyl (C=O) groups excluding carboxylic acids is 1. The van der Waals surface area contributed by atoms with Crippen molar-refractivity contribution >= 4 is 40.9 Å². The number of allylic oxidation sites excluding steroid dienone is 2. The zero-order valence-corrected chi connectivity index (χ0v) is 12.2. The number of carboxylic acids is 1. The van der Waals surface area contributed by atoms with Crippen LogP contribution in [0.15, 0.2) is 18.5 Å². The number of hydrogen-bond acceptors (Lipinski definition) is 4. The Morgan fingerprint density at radius 1 is 1.19 bits per heavy atom. The molecule has 2 unspecified atom stereocenters. The van der Waals surface area contributed by atoms with Crippen LogP contribution in [0.25, 0.3) is 0 Å². The van der Waals surface area contributed by atoms with Crippen molar-refractivity contribution < 1.29 is 14.7 Å². The van der Waals surface area contributed by atoms with E-state index in [4.69, 9.17) is 23.2 Å². The first kappa shape index (κ1) is 14.3. The molecule has 2 aliphatic carbocycles. The van der Waals surface area contributed by atoms with Crippen LogP contribution in [-0.4, -0.2) is 27.0 Å². The molecular weight excluding hydrogens is 317 g/mol. The van der Waals surface area contributed by atoms with Gasteiger partial charge in [0.05, 0.1) is 11.8 Å². The molecular formula is C13H11Cl2N3O3. The van der Waals surface area contributed by atoms with Gasteiger partial charge < -0.3 is 10.4 Å². The van der Waals surface area contributed by atoms with E-state index in [0.29, 0.717) is 6.42 Å². The number of aliphatic carboxylic acids is 1. The number of nitrogens with zero attached hydrogens (tertiary/aromatic N) is 2. The van der Waals surface area contributed by atoms with Gasteiger partial charge in [0.25, 0.3) is 0 Å². The van der Waals surface area contributed by atoms with Gasteiger partial charge in [0.1, 0.15) is 11.3 Å². The molecule has 3 rings (SSSR count). The van der Waals surface area contributed by atoms with Crippen LogP contribution in [0.5, 0.6) is 0 Å². The number of fused-ring (bicyclic) bond motifs is 2. The average Bonchev–Trinajstić information content (AvgIpc) is 3.04. The summed E-state index contributed by atoms with van der Waals surface area (Å²) in [4.78, 5) is 31.4. The molecule has 0 radical (unpaired) electrons. The molecule has 110 valence electrons. The van der Waals surface area contributed by atoms with E-state index in [1.54, 1.807) is 0 Å². The lowest BCUT2D eigenvalue weighted by atomic mass is 9.82. The maximum Gasteiger partial charge on any atom is 0.307 e. The minimum Gasteiger partial charge on any atom is -0.481 e. The van der Waals surface area contributed by atoms with Crippen LogP contribution in [0.4, 0.5) is 5.82 Å². The summed E-state index contributed by atoms with van der Waals surface area (Å²) < 4.78 is 0. The summed E-state index contributed by atoms with van der Waals surface area (Å²) in [6, 6.07) is 0. The predicted molar refractivity (Wildman–Crippen MR) is 76.0 cm³/mol. The average molecular weight is 328 g/mol. The van der Waals surface area contributed by atoms with Gasteiger partial charge in [-0.2, -0.15) is 0 Å². The maximum atomic E-state index is 12.4. The van der Waals surface area contributed by atoms with Crippen molar-refractivity contribution in [2.75, 3.05) is 5.32 Å². The fourth-order valence-corrected chi connectivity index (χ4v) is 3.43. The lowest BCUT2D eigenvalue weighted by Gasteiger charge is -2.23. The van der Waals surface area contributed by atoms with Crippen molar-refractivity contribution in [2.45, 2.75) is 6.42 Å². The maximum absolute atomic E-state index is 12.4. The Labute approximate surface area is 130 Å². The number of aromatic nitrogens is 2. The summed E-state index contributed by atoms with van der Waals surface area (Å²) in [7, 11) is 0. The Morgan fingerprint density at radius 3 is 2.52 bits per heavy atom. The molecule has 0 saturated heterocycles. The standard InChI is InChI=1S/C13H11Cl2N3O3/c14-9-10(15)16-4-17-11(9)18-12(19)7-5-1-2-6(3-5)8(7)13(20)21/h1-2,4-8H,3H2,(H,20,21)(H,16,17,18,19)/t5?,6?,7-,8+/m0/s1. The molecule has 2 aliphatic rings. The van der Waals surface area contributed by atoms with Crippen LogP contribution in [0.3, 0.4) is 0 Å². The van der Waals surface area contributed by atoms with Crippen LogP contribution in [0, 0.1) is 23.7 Å². The van der Waals surface area contributed by atoms with E-state index in [-0.39, 0.29) is 27.8 Å². The van der Waals surface area contributed by atoms with E-state index < -0.39 is 23.7 Å². The molecule has 1 saturated carbocycles. The number of nitrogens with one attached hydrogen (secondary N) is 1. The molecule has 4 atom stereocenters. The number of carbonyl (C=O) groups is 2. The number of carboxylic acid groups (broad SMARTS) is 1. The first-order chi connectivity index (χ1) is 9.99. The highest BCUT2D eigenvalue weighted by Crippen LogP contribution is 2.48. The van der Waals surface area contributed by atoms with Crippen LogP contribution in [0.2, 0.25) is 10.2 Å². The molecule has 1 aromatic rings. The topological polar surface area (TPSA) is 92.2 Å². The molecule has 2 N–H and O–H groups in total. The fourth-order valence-electron chi connectivity index (χ4n) is 3.15. The zero-order valence-electron chi connectivity index (χ0n) is 10.7. The lowest BCUT2D eigenvalue weighted by molar-refractivity contribution is -0.146. The van der Waals surface area contributed by atoms with Gasteiger partial charge in [0.15, 0.2) is 11.0 Å². The van der Waals surface area contributed by atoms with Gasteiger partial charge in [-0.25, -0.2) is 9.97 Å². The molecule has 0 spiro atoms. The number of halogens is 2. The molecule has 1 aromatic heterocycles.